The fraction of sp³-hybridized carbons (Fsp3) is 0.882. The Morgan fingerprint density at radius 2 is 1.61 bits per heavy atom. The Labute approximate surface area is 112 Å². The Kier molecular flexibility index (Phi) is 3.18. The molecule has 0 heterocycles. The molecule has 18 heavy (non-hydrogen) atoms. The van der Waals surface area contributed by atoms with Crippen molar-refractivity contribution in [3.8, 4) is 12.3 Å². The Morgan fingerprint density at radius 3 is 2.06 bits per heavy atom. The molecule has 0 radical (unpaired) electrons. The summed E-state index contributed by atoms with van der Waals surface area (Å²) < 4.78 is 0. The molecule has 0 aromatic rings. The van der Waals surface area contributed by atoms with Crippen molar-refractivity contribution in [1.82, 2.24) is 5.32 Å². The van der Waals surface area contributed by atoms with E-state index in [1.54, 1.807) is 0 Å². The highest BCUT2D eigenvalue weighted by molar-refractivity contribution is 5.05. The topological polar surface area (TPSA) is 12.0 Å². The fourth-order valence-electron chi connectivity index (χ4n) is 5.55. The second kappa shape index (κ2) is 4.57. The van der Waals surface area contributed by atoms with Gasteiger partial charge < -0.3 is 5.32 Å². The van der Waals surface area contributed by atoms with Gasteiger partial charge in [-0.05, 0) is 75.5 Å². The third-order valence-corrected chi connectivity index (χ3v) is 5.96. The molecule has 1 heteroatoms. The van der Waals surface area contributed by atoms with Gasteiger partial charge in [-0.1, -0.05) is 0 Å². The van der Waals surface area contributed by atoms with E-state index in [4.69, 9.17) is 6.42 Å². The van der Waals surface area contributed by atoms with Crippen LogP contribution in [0.4, 0.5) is 0 Å². The summed E-state index contributed by atoms with van der Waals surface area (Å²) in [5.41, 5.74) is 0.609. The maximum atomic E-state index is 5.42. The minimum Gasteiger partial charge on any atom is -0.310 e. The molecule has 4 aliphatic rings. The molecular weight excluding hydrogens is 218 g/mol. The molecule has 4 aliphatic carbocycles. The van der Waals surface area contributed by atoms with Gasteiger partial charge in [-0.3, -0.25) is 0 Å². The molecule has 1 N–H and O–H groups in total. The summed E-state index contributed by atoms with van der Waals surface area (Å²) in [4.78, 5) is 0. The van der Waals surface area contributed by atoms with Gasteiger partial charge in [0, 0.05) is 18.5 Å². The lowest BCUT2D eigenvalue weighted by molar-refractivity contribution is -0.0717. The van der Waals surface area contributed by atoms with Gasteiger partial charge in [0.15, 0.2) is 0 Å². The molecule has 0 amide bonds. The van der Waals surface area contributed by atoms with Gasteiger partial charge in [0.05, 0.1) is 0 Å². The van der Waals surface area contributed by atoms with Crippen molar-refractivity contribution in [3.05, 3.63) is 0 Å². The molecule has 0 saturated heterocycles. The summed E-state index contributed by atoms with van der Waals surface area (Å²) in [6, 6.07) is 1.12. The summed E-state index contributed by atoms with van der Waals surface area (Å²) in [5, 5.41) is 3.80. The van der Waals surface area contributed by atoms with Crippen LogP contribution in [0.1, 0.15) is 58.8 Å². The Bertz CT molecular complexity index is 316. The summed E-state index contributed by atoms with van der Waals surface area (Å²) in [7, 11) is 0. The summed E-state index contributed by atoms with van der Waals surface area (Å²) >= 11 is 0. The largest absolute Gasteiger partial charge is 0.310 e. The standard InChI is InChI=1S/C17H27N/c1-4-5-12(2)18-13(3)17-9-14-6-15(10-17)8-16(7-14)11-17/h1,12-16,18H,5-11H2,2-3H3. The van der Waals surface area contributed by atoms with Crippen LogP contribution in [0.5, 0.6) is 0 Å². The monoisotopic (exact) mass is 245 g/mol. The van der Waals surface area contributed by atoms with Crippen LogP contribution in [0.2, 0.25) is 0 Å². The highest BCUT2D eigenvalue weighted by Crippen LogP contribution is 2.61. The summed E-state index contributed by atoms with van der Waals surface area (Å²) in [6.45, 7) is 4.65. The van der Waals surface area contributed by atoms with E-state index in [1.165, 1.54) is 38.5 Å². The van der Waals surface area contributed by atoms with Crippen LogP contribution in [0.25, 0.3) is 0 Å². The first-order valence-corrected chi connectivity index (χ1v) is 7.81. The average Bonchev–Trinajstić information content (AvgIpc) is 2.27. The smallest absolute Gasteiger partial charge is 0.0238 e. The van der Waals surface area contributed by atoms with E-state index in [2.05, 4.69) is 25.1 Å². The van der Waals surface area contributed by atoms with Crippen LogP contribution in [-0.2, 0) is 0 Å². The fourth-order valence-corrected chi connectivity index (χ4v) is 5.55. The molecule has 0 aromatic heterocycles. The van der Waals surface area contributed by atoms with Crippen LogP contribution in [0, 0.1) is 35.5 Å². The van der Waals surface area contributed by atoms with E-state index < -0.39 is 0 Å². The second-order valence-corrected chi connectivity index (χ2v) is 7.48. The number of rotatable bonds is 4. The number of hydrogen-bond donors (Lipinski definition) is 1. The molecule has 0 spiro atoms. The minimum absolute atomic E-state index is 0.470. The molecule has 4 saturated carbocycles. The maximum absolute atomic E-state index is 5.42. The first-order valence-electron chi connectivity index (χ1n) is 7.81. The number of hydrogen-bond acceptors (Lipinski definition) is 1. The molecule has 100 valence electrons. The van der Waals surface area contributed by atoms with Crippen molar-refractivity contribution in [2.24, 2.45) is 23.2 Å². The predicted molar refractivity (Wildman–Crippen MR) is 76.1 cm³/mol. The van der Waals surface area contributed by atoms with Crippen molar-refractivity contribution in [2.75, 3.05) is 0 Å². The Morgan fingerprint density at radius 1 is 1.11 bits per heavy atom. The second-order valence-electron chi connectivity index (χ2n) is 7.48. The van der Waals surface area contributed by atoms with Crippen LogP contribution in [-0.4, -0.2) is 12.1 Å². The van der Waals surface area contributed by atoms with Crippen LogP contribution in [0.15, 0.2) is 0 Å². The maximum Gasteiger partial charge on any atom is 0.0238 e. The summed E-state index contributed by atoms with van der Waals surface area (Å²) in [6.07, 6.45) is 15.3. The first kappa shape index (κ1) is 12.5. The van der Waals surface area contributed by atoms with Crippen molar-refractivity contribution in [2.45, 2.75) is 70.9 Å². The third kappa shape index (κ3) is 2.10. The molecule has 2 atom stereocenters. The molecule has 4 bridgehead atoms. The van der Waals surface area contributed by atoms with Crippen molar-refractivity contribution < 1.29 is 0 Å². The zero-order chi connectivity index (χ0) is 12.8. The van der Waals surface area contributed by atoms with E-state index in [9.17, 15) is 0 Å². The summed E-state index contributed by atoms with van der Waals surface area (Å²) in [5.74, 6) is 5.92. The van der Waals surface area contributed by atoms with Gasteiger partial charge in [-0.25, -0.2) is 0 Å². The van der Waals surface area contributed by atoms with E-state index in [0.29, 0.717) is 17.5 Å². The molecule has 4 fully saturated rings. The highest BCUT2D eigenvalue weighted by atomic mass is 15.0. The zero-order valence-electron chi connectivity index (χ0n) is 11.9. The van der Waals surface area contributed by atoms with E-state index >= 15 is 0 Å². The molecule has 2 unspecified atom stereocenters. The zero-order valence-corrected chi connectivity index (χ0v) is 11.9. The van der Waals surface area contributed by atoms with Crippen molar-refractivity contribution in [1.29, 1.82) is 0 Å². The first-order chi connectivity index (χ1) is 8.61. The number of nitrogens with one attached hydrogen (secondary N) is 1. The third-order valence-electron chi connectivity index (χ3n) is 5.96. The van der Waals surface area contributed by atoms with Gasteiger partial charge in [0.1, 0.15) is 0 Å². The molecule has 1 nitrogen and oxygen atoms in total. The molecule has 4 rings (SSSR count). The van der Waals surface area contributed by atoms with Gasteiger partial charge in [0.2, 0.25) is 0 Å². The quantitative estimate of drug-likeness (QED) is 0.746. The average molecular weight is 245 g/mol. The Balaban J connectivity index is 1.69. The van der Waals surface area contributed by atoms with E-state index in [-0.39, 0.29) is 0 Å². The normalized spacial score (nSPS) is 44.6. The van der Waals surface area contributed by atoms with Crippen LogP contribution >= 0.6 is 0 Å². The van der Waals surface area contributed by atoms with E-state index in [0.717, 1.165) is 24.2 Å². The van der Waals surface area contributed by atoms with Crippen molar-refractivity contribution >= 4 is 0 Å². The van der Waals surface area contributed by atoms with Crippen molar-refractivity contribution in [3.63, 3.8) is 0 Å². The molecule has 0 aromatic carbocycles. The molecule has 0 aliphatic heterocycles. The van der Waals surface area contributed by atoms with Crippen LogP contribution in [0.3, 0.4) is 0 Å². The van der Waals surface area contributed by atoms with Gasteiger partial charge in [-0.15, -0.1) is 12.3 Å². The minimum atomic E-state index is 0.470. The molecular formula is C17H27N. The Hall–Kier alpha value is -0.480. The van der Waals surface area contributed by atoms with Gasteiger partial charge in [-0.2, -0.15) is 0 Å². The van der Waals surface area contributed by atoms with Gasteiger partial charge >= 0.3 is 0 Å². The highest BCUT2D eigenvalue weighted by Gasteiger charge is 2.53. The lowest BCUT2D eigenvalue weighted by Gasteiger charge is -2.59. The lowest BCUT2D eigenvalue weighted by Crippen LogP contribution is -2.56. The SMILES string of the molecule is C#CCC(C)NC(C)C12CC3CC(CC(C3)C1)C2. The lowest BCUT2D eigenvalue weighted by atomic mass is 9.48. The van der Waals surface area contributed by atoms with Crippen LogP contribution < -0.4 is 5.32 Å². The van der Waals surface area contributed by atoms with Gasteiger partial charge in [0.25, 0.3) is 0 Å². The number of terminal acetylenes is 1. The predicted octanol–water partition coefficient (Wildman–Crippen LogP) is 3.59. The van der Waals surface area contributed by atoms with E-state index in [1.807, 2.05) is 0 Å².